The molecule has 0 spiro atoms. The van der Waals surface area contributed by atoms with Crippen molar-refractivity contribution in [1.29, 1.82) is 0 Å². The number of hydrogen-bond donors (Lipinski definition) is 0. The lowest BCUT2D eigenvalue weighted by Crippen LogP contribution is -2.02. The minimum Gasteiger partial charge on any atom is -0.456 e. The monoisotopic (exact) mass is 491 g/mol. The molecular formula is C28H18BrN3O. The van der Waals surface area contributed by atoms with E-state index in [1.807, 2.05) is 79.7 Å². The fourth-order valence-corrected chi connectivity index (χ4v) is 4.13. The van der Waals surface area contributed by atoms with E-state index in [1.54, 1.807) is 6.08 Å². The van der Waals surface area contributed by atoms with Crippen molar-refractivity contribution in [1.82, 2.24) is 15.0 Å². The highest BCUT2D eigenvalue weighted by Crippen LogP contribution is 2.37. The number of hydrogen-bond acceptors (Lipinski definition) is 4. The van der Waals surface area contributed by atoms with E-state index < -0.39 is 0 Å². The summed E-state index contributed by atoms with van der Waals surface area (Å²) in [6.45, 7) is 1.93. The number of furan rings is 1. The number of halogens is 1. The van der Waals surface area contributed by atoms with Gasteiger partial charge in [-0.2, -0.15) is 0 Å². The van der Waals surface area contributed by atoms with Crippen LogP contribution in [0.5, 0.6) is 0 Å². The standard InChI is InChI=1S/C28H18BrN3O/c1-3-5-10-18(4-2)26-30-27(19-11-7-6-8-12-19)32-28(31-26)21-13-9-14-24-25(21)22-17-20(29)15-16-23(22)33-24/h1,4-17H,2H3/b10-5-,18-4+. The van der Waals surface area contributed by atoms with E-state index in [4.69, 9.17) is 25.8 Å². The molecule has 4 nitrogen and oxygen atoms in total. The Labute approximate surface area is 199 Å². The van der Waals surface area contributed by atoms with Crippen LogP contribution in [0.25, 0.3) is 50.3 Å². The first-order chi connectivity index (χ1) is 16.2. The van der Waals surface area contributed by atoms with Crippen molar-refractivity contribution in [2.24, 2.45) is 0 Å². The summed E-state index contributed by atoms with van der Waals surface area (Å²) >= 11 is 3.58. The first kappa shape index (κ1) is 20.9. The molecule has 0 aliphatic heterocycles. The molecule has 0 atom stereocenters. The van der Waals surface area contributed by atoms with Crippen molar-refractivity contribution in [2.45, 2.75) is 6.92 Å². The number of rotatable bonds is 4. The number of terminal acetylenes is 1. The molecule has 158 valence electrons. The van der Waals surface area contributed by atoms with Crippen LogP contribution in [0.3, 0.4) is 0 Å². The first-order valence-corrected chi connectivity index (χ1v) is 11.2. The molecule has 2 heterocycles. The molecule has 0 amide bonds. The Balaban J connectivity index is 1.81. The molecule has 0 aliphatic rings. The molecule has 0 radical (unpaired) electrons. The van der Waals surface area contributed by atoms with Gasteiger partial charge in [0.25, 0.3) is 0 Å². The van der Waals surface area contributed by atoms with Crippen LogP contribution in [-0.4, -0.2) is 15.0 Å². The van der Waals surface area contributed by atoms with Crippen LogP contribution in [0.2, 0.25) is 0 Å². The third kappa shape index (κ3) is 3.97. The van der Waals surface area contributed by atoms with Crippen LogP contribution in [0.4, 0.5) is 0 Å². The van der Waals surface area contributed by atoms with Gasteiger partial charge in [0.15, 0.2) is 17.5 Å². The number of allylic oxidation sites excluding steroid dienone is 4. The second kappa shape index (κ2) is 8.85. The smallest absolute Gasteiger partial charge is 0.164 e. The molecule has 0 fully saturated rings. The van der Waals surface area contributed by atoms with Gasteiger partial charge in [-0.1, -0.05) is 70.4 Å². The Morgan fingerprint density at radius 2 is 1.76 bits per heavy atom. The van der Waals surface area contributed by atoms with Gasteiger partial charge in [0.05, 0.1) is 0 Å². The fraction of sp³-hybridized carbons (Fsp3) is 0.0357. The number of nitrogens with zero attached hydrogens (tertiary/aromatic N) is 3. The van der Waals surface area contributed by atoms with Gasteiger partial charge in [0.2, 0.25) is 0 Å². The van der Waals surface area contributed by atoms with Gasteiger partial charge in [-0.05, 0) is 43.3 Å². The minimum atomic E-state index is 0.554. The van der Waals surface area contributed by atoms with Gasteiger partial charge in [-0.3, -0.25) is 0 Å². The molecule has 5 rings (SSSR count). The van der Waals surface area contributed by atoms with Crippen LogP contribution in [-0.2, 0) is 0 Å². The van der Waals surface area contributed by atoms with E-state index in [2.05, 4.69) is 27.9 Å². The van der Waals surface area contributed by atoms with Gasteiger partial charge in [-0.15, -0.1) is 6.42 Å². The average molecular weight is 492 g/mol. The molecule has 0 unspecified atom stereocenters. The molecule has 0 N–H and O–H groups in total. The highest BCUT2D eigenvalue weighted by atomic mass is 79.9. The Bertz CT molecular complexity index is 1590. The summed E-state index contributed by atoms with van der Waals surface area (Å²) in [4.78, 5) is 14.5. The third-order valence-corrected chi connectivity index (χ3v) is 5.79. The topological polar surface area (TPSA) is 51.8 Å². The van der Waals surface area contributed by atoms with Crippen LogP contribution >= 0.6 is 15.9 Å². The van der Waals surface area contributed by atoms with Crippen LogP contribution < -0.4 is 0 Å². The lowest BCUT2D eigenvalue weighted by Gasteiger charge is -2.09. The molecule has 3 aromatic carbocycles. The summed E-state index contributed by atoms with van der Waals surface area (Å²) < 4.78 is 7.08. The molecule has 0 bridgehead atoms. The lowest BCUT2D eigenvalue weighted by molar-refractivity contribution is 0.669. The van der Waals surface area contributed by atoms with E-state index in [1.165, 1.54) is 0 Å². The third-order valence-electron chi connectivity index (χ3n) is 5.29. The first-order valence-electron chi connectivity index (χ1n) is 10.4. The second-order valence-corrected chi connectivity index (χ2v) is 8.25. The predicted octanol–water partition coefficient (Wildman–Crippen LogP) is 7.46. The fourth-order valence-electron chi connectivity index (χ4n) is 3.76. The summed E-state index contributed by atoms with van der Waals surface area (Å²) in [5.74, 6) is 4.25. The summed E-state index contributed by atoms with van der Waals surface area (Å²) in [7, 11) is 0. The quantitative estimate of drug-likeness (QED) is 0.193. The summed E-state index contributed by atoms with van der Waals surface area (Å²) in [6.07, 6.45) is 10.8. The molecular weight excluding hydrogens is 474 g/mol. The van der Waals surface area contributed by atoms with E-state index in [0.717, 1.165) is 43.1 Å². The maximum atomic E-state index is 6.10. The van der Waals surface area contributed by atoms with Crippen LogP contribution in [0, 0.1) is 12.3 Å². The van der Waals surface area contributed by atoms with Gasteiger partial charge in [0, 0.05) is 31.9 Å². The number of fused-ring (bicyclic) bond motifs is 3. The molecule has 5 heteroatoms. The summed E-state index contributed by atoms with van der Waals surface area (Å²) in [5.41, 5.74) is 4.19. The Morgan fingerprint density at radius 1 is 0.939 bits per heavy atom. The number of benzene rings is 3. The van der Waals surface area contributed by atoms with Gasteiger partial charge in [0.1, 0.15) is 11.2 Å². The van der Waals surface area contributed by atoms with E-state index in [9.17, 15) is 0 Å². The zero-order valence-electron chi connectivity index (χ0n) is 17.8. The molecule has 0 saturated carbocycles. The van der Waals surface area contributed by atoms with Crippen molar-refractivity contribution < 1.29 is 4.42 Å². The maximum Gasteiger partial charge on any atom is 0.164 e. The van der Waals surface area contributed by atoms with Crippen LogP contribution in [0.15, 0.2) is 93.8 Å². The molecule has 0 saturated heterocycles. The SMILES string of the molecule is C#C/C=C\C(=C/C)c1nc(-c2ccccc2)nc(-c2cccc3oc4ccc(Br)cc4c23)n1. The van der Waals surface area contributed by atoms with Gasteiger partial charge < -0.3 is 4.42 Å². The van der Waals surface area contributed by atoms with Crippen LogP contribution in [0.1, 0.15) is 12.7 Å². The zero-order valence-corrected chi connectivity index (χ0v) is 19.4. The predicted molar refractivity (Wildman–Crippen MR) is 137 cm³/mol. The van der Waals surface area contributed by atoms with Crippen molar-refractivity contribution in [3.63, 3.8) is 0 Å². The second-order valence-electron chi connectivity index (χ2n) is 7.34. The van der Waals surface area contributed by atoms with Crippen molar-refractivity contribution in [3.05, 3.63) is 95.3 Å². The summed E-state index contributed by atoms with van der Waals surface area (Å²) in [6, 6.07) is 21.8. The number of aromatic nitrogens is 3. The largest absolute Gasteiger partial charge is 0.456 e. The molecule has 2 aromatic heterocycles. The van der Waals surface area contributed by atoms with E-state index in [0.29, 0.717) is 17.5 Å². The normalized spacial score (nSPS) is 12.0. The molecule has 5 aromatic rings. The summed E-state index contributed by atoms with van der Waals surface area (Å²) in [5, 5.41) is 1.96. The Hall–Kier alpha value is -4.01. The Morgan fingerprint density at radius 3 is 2.55 bits per heavy atom. The molecule has 0 aliphatic carbocycles. The maximum absolute atomic E-state index is 6.10. The Kier molecular flexibility index (Phi) is 5.60. The average Bonchev–Trinajstić information content (AvgIpc) is 3.23. The van der Waals surface area contributed by atoms with Crippen molar-refractivity contribution in [2.75, 3.05) is 0 Å². The van der Waals surface area contributed by atoms with Gasteiger partial charge in [-0.25, -0.2) is 15.0 Å². The minimum absolute atomic E-state index is 0.554. The lowest BCUT2D eigenvalue weighted by atomic mass is 10.1. The highest BCUT2D eigenvalue weighted by molar-refractivity contribution is 9.10. The van der Waals surface area contributed by atoms with Crippen molar-refractivity contribution >= 4 is 43.4 Å². The van der Waals surface area contributed by atoms with E-state index in [-0.39, 0.29) is 0 Å². The van der Waals surface area contributed by atoms with E-state index >= 15 is 0 Å². The van der Waals surface area contributed by atoms with Crippen molar-refractivity contribution in [3.8, 4) is 35.1 Å². The zero-order chi connectivity index (χ0) is 22.8. The highest BCUT2D eigenvalue weighted by Gasteiger charge is 2.17. The molecule has 33 heavy (non-hydrogen) atoms. The van der Waals surface area contributed by atoms with Gasteiger partial charge >= 0.3 is 0 Å².